The van der Waals surface area contributed by atoms with Crippen LogP contribution in [0.5, 0.6) is 5.75 Å². The molecule has 64 heavy (non-hydrogen) atoms. The van der Waals surface area contributed by atoms with Gasteiger partial charge in [-0.3, -0.25) is 19.6 Å². The van der Waals surface area contributed by atoms with Crippen molar-refractivity contribution in [2.24, 2.45) is 11.5 Å². The highest BCUT2D eigenvalue weighted by atomic mass is 32.2. The molecule has 2 amide bonds. The number of fused-ring (bicyclic) bond motifs is 3. The Morgan fingerprint density at radius 3 is 1.64 bits per heavy atom. The highest BCUT2D eigenvalue weighted by Gasteiger charge is 2.30. The molecule has 0 aliphatic carbocycles. The highest BCUT2D eigenvalue weighted by Crippen LogP contribution is 2.38. The van der Waals surface area contributed by atoms with Crippen LogP contribution in [0.1, 0.15) is 43.0 Å². The molecule has 5 heterocycles. The van der Waals surface area contributed by atoms with Crippen molar-refractivity contribution in [3.05, 3.63) is 113 Å². The van der Waals surface area contributed by atoms with Crippen molar-refractivity contribution in [1.29, 1.82) is 0 Å². The Morgan fingerprint density at radius 1 is 0.641 bits per heavy atom. The molecule has 4 aromatic carbocycles. The number of primary amides is 2. The Balaban J connectivity index is 0.000000175. The molecule has 17 nitrogen and oxygen atoms in total. The number of benzene rings is 4. The first-order valence-corrected chi connectivity index (χ1v) is 23.5. The molecule has 3 aliphatic rings. The summed E-state index contributed by atoms with van der Waals surface area (Å²) in [5, 5.41) is 7.61. The number of morpholine rings is 2. The number of carbonyl (C=O) groups excluding carboxylic acids is 2. The maximum atomic E-state index is 13.3. The molecule has 2 fully saturated rings. The number of pyridine rings is 2. The van der Waals surface area contributed by atoms with E-state index in [1.165, 1.54) is 21.0 Å². The van der Waals surface area contributed by atoms with Gasteiger partial charge in [-0.1, -0.05) is 18.2 Å². The van der Waals surface area contributed by atoms with E-state index in [1.54, 1.807) is 38.1 Å². The summed E-state index contributed by atoms with van der Waals surface area (Å²) in [7, 11) is -7.47. The molecular formula is C45H48N8O9S2. The van der Waals surface area contributed by atoms with Gasteiger partial charge in [-0.25, -0.2) is 16.8 Å². The molecule has 0 unspecified atom stereocenters. The normalized spacial score (nSPS) is 15.8. The molecule has 0 bridgehead atoms. The van der Waals surface area contributed by atoms with Gasteiger partial charge in [0.15, 0.2) is 0 Å². The second kappa shape index (κ2) is 18.1. The Hall–Kier alpha value is -6.22. The maximum absolute atomic E-state index is 13.3. The zero-order valence-corrected chi connectivity index (χ0v) is 37.1. The molecule has 0 spiro atoms. The van der Waals surface area contributed by atoms with E-state index in [2.05, 4.69) is 20.6 Å². The van der Waals surface area contributed by atoms with E-state index in [0.29, 0.717) is 104 Å². The quantitative estimate of drug-likeness (QED) is 0.141. The van der Waals surface area contributed by atoms with Gasteiger partial charge in [0.1, 0.15) is 5.75 Å². The number of nitrogens with one attached hydrogen (secondary N) is 2. The van der Waals surface area contributed by atoms with Crippen LogP contribution >= 0.6 is 0 Å². The molecule has 2 aromatic heterocycles. The number of amides is 2. The van der Waals surface area contributed by atoms with Gasteiger partial charge in [0.2, 0.25) is 20.0 Å². The van der Waals surface area contributed by atoms with E-state index in [1.807, 2.05) is 49.4 Å². The number of sulfonamides is 2. The van der Waals surface area contributed by atoms with E-state index < -0.39 is 31.9 Å². The van der Waals surface area contributed by atoms with Gasteiger partial charge in [-0.05, 0) is 86.0 Å². The third kappa shape index (κ3) is 8.82. The summed E-state index contributed by atoms with van der Waals surface area (Å²) in [6.45, 7) is 8.75. The van der Waals surface area contributed by atoms with E-state index in [-0.39, 0.29) is 20.9 Å². The first-order valence-electron chi connectivity index (χ1n) is 20.6. The Bertz CT molecular complexity index is 3040. The number of nitrogens with two attached hydrogens (primary N) is 2. The molecular weight excluding hydrogens is 861 g/mol. The number of rotatable bonds is 10. The number of carbonyl (C=O) groups is 2. The number of aromatic nitrogens is 2. The molecule has 0 atom stereocenters. The summed E-state index contributed by atoms with van der Waals surface area (Å²) >= 11 is 0. The Kier molecular flexibility index (Phi) is 12.6. The zero-order chi connectivity index (χ0) is 45.3. The smallest absolute Gasteiger partial charge is 0.252 e. The lowest BCUT2D eigenvalue weighted by Gasteiger charge is -2.26. The van der Waals surface area contributed by atoms with Gasteiger partial charge in [0.05, 0.1) is 76.4 Å². The van der Waals surface area contributed by atoms with Crippen molar-refractivity contribution < 1.29 is 40.6 Å². The van der Waals surface area contributed by atoms with Gasteiger partial charge in [-0.2, -0.15) is 8.61 Å². The lowest BCUT2D eigenvalue weighted by atomic mass is 10.0. The lowest BCUT2D eigenvalue weighted by molar-refractivity contribution is 0.0730. The molecule has 0 radical (unpaired) electrons. The molecule has 19 heteroatoms. The van der Waals surface area contributed by atoms with Crippen LogP contribution in [-0.2, 0) is 35.9 Å². The van der Waals surface area contributed by atoms with E-state index in [4.69, 9.17) is 25.7 Å². The molecule has 6 aromatic rings. The summed E-state index contributed by atoms with van der Waals surface area (Å²) < 4.78 is 72.3. The summed E-state index contributed by atoms with van der Waals surface area (Å²) in [5.41, 5.74) is 18.6. The molecule has 6 N–H and O–H groups in total. The van der Waals surface area contributed by atoms with Crippen LogP contribution in [0.25, 0.3) is 21.8 Å². The Labute approximate surface area is 370 Å². The fourth-order valence-corrected chi connectivity index (χ4v) is 11.1. The van der Waals surface area contributed by atoms with Crippen molar-refractivity contribution in [3.8, 4) is 5.75 Å². The third-order valence-electron chi connectivity index (χ3n) is 11.3. The van der Waals surface area contributed by atoms with Gasteiger partial charge < -0.3 is 36.3 Å². The van der Waals surface area contributed by atoms with Crippen LogP contribution in [0.3, 0.4) is 0 Å². The van der Waals surface area contributed by atoms with Crippen LogP contribution < -0.4 is 26.8 Å². The first kappa shape index (κ1) is 44.4. The van der Waals surface area contributed by atoms with Gasteiger partial charge in [-0.15, -0.1) is 0 Å². The van der Waals surface area contributed by atoms with Crippen LogP contribution in [-0.4, -0.2) is 106 Å². The van der Waals surface area contributed by atoms with Crippen LogP contribution in [0.4, 0.5) is 22.7 Å². The molecule has 2 saturated heterocycles. The maximum Gasteiger partial charge on any atom is 0.252 e. The second-order valence-corrected chi connectivity index (χ2v) is 19.5. The minimum atomic E-state index is -3.75. The minimum absolute atomic E-state index is 0.141. The van der Waals surface area contributed by atoms with Crippen molar-refractivity contribution in [2.75, 3.05) is 69.8 Å². The fourth-order valence-electron chi connectivity index (χ4n) is 8.05. The summed E-state index contributed by atoms with van der Waals surface area (Å²) in [6.07, 6.45) is 3.57. The molecule has 334 valence electrons. The standard InChI is InChI=1S/C23H24N4O5S.C22H24N4O4S/c1-14-11-15(33(29,30)27-6-9-31-10-7-27)12-17-21(14)25-13-18(23(24)28)22(17)26-19-3-2-4-20-16(19)5-8-32-20;1-14-4-3-5-16(10-14)25-21-18-12-17(31(28,29)26-6-8-30-9-7-26)11-15(2)20(18)24-13-19(21)22(23)27/h2-4,11-13H,5-10H2,1H3,(H2,24,28)(H,25,26);3-5,10-13H,6-9H2,1-2H3,(H2,23,27)(H,24,25). The third-order valence-corrected chi connectivity index (χ3v) is 15.1. The van der Waals surface area contributed by atoms with Crippen molar-refractivity contribution in [3.63, 3.8) is 0 Å². The summed E-state index contributed by atoms with van der Waals surface area (Å²) in [5.74, 6) is -0.524. The van der Waals surface area contributed by atoms with Crippen LogP contribution in [0, 0.1) is 20.8 Å². The van der Waals surface area contributed by atoms with E-state index in [0.717, 1.165) is 34.7 Å². The number of ether oxygens (including phenoxy) is 3. The van der Waals surface area contributed by atoms with E-state index >= 15 is 0 Å². The van der Waals surface area contributed by atoms with Crippen molar-refractivity contribution in [1.82, 2.24) is 18.6 Å². The topological polar surface area (TPSA) is 238 Å². The largest absolute Gasteiger partial charge is 0.493 e. The second-order valence-electron chi connectivity index (χ2n) is 15.6. The van der Waals surface area contributed by atoms with Gasteiger partial charge >= 0.3 is 0 Å². The zero-order valence-electron chi connectivity index (χ0n) is 35.5. The number of aryl methyl sites for hydroxylation is 3. The van der Waals surface area contributed by atoms with Crippen LogP contribution in [0.2, 0.25) is 0 Å². The average Bonchev–Trinajstić information content (AvgIpc) is 3.77. The molecule has 3 aliphatic heterocycles. The lowest BCUT2D eigenvalue weighted by Crippen LogP contribution is -2.40. The monoisotopic (exact) mass is 908 g/mol. The fraction of sp³-hybridized carbons (Fsp3) is 0.289. The SMILES string of the molecule is Cc1cc(S(=O)(=O)N2CCOCC2)cc2c(Nc3cccc4c3CCO4)c(C(N)=O)cnc12.Cc1cccc(Nc2c(C(N)=O)cnc3c(C)cc(S(=O)(=O)N4CCOCC4)cc23)c1. The average molecular weight is 909 g/mol. The summed E-state index contributed by atoms with van der Waals surface area (Å²) in [4.78, 5) is 33.5. The van der Waals surface area contributed by atoms with Gasteiger partial charge in [0.25, 0.3) is 11.8 Å². The predicted molar refractivity (Wildman–Crippen MR) is 243 cm³/mol. The Morgan fingerprint density at radius 2 is 1.14 bits per heavy atom. The molecule has 0 saturated carbocycles. The minimum Gasteiger partial charge on any atom is -0.493 e. The molecule has 9 rings (SSSR count). The van der Waals surface area contributed by atoms with E-state index in [9.17, 15) is 26.4 Å². The van der Waals surface area contributed by atoms with Gasteiger partial charge in [0, 0.05) is 72.7 Å². The number of hydrogen-bond acceptors (Lipinski definition) is 13. The first-order chi connectivity index (χ1) is 30.6. The van der Waals surface area contributed by atoms with Crippen molar-refractivity contribution >= 4 is 76.4 Å². The number of hydrogen-bond donors (Lipinski definition) is 4. The summed E-state index contributed by atoms with van der Waals surface area (Å²) in [6, 6.07) is 19.6. The number of anilines is 4. The highest BCUT2D eigenvalue weighted by molar-refractivity contribution is 7.89. The van der Waals surface area contributed by atoms with Crippen LogP contribution in [0.15, 0.2) is 88.9 Å². The number of nitrogens with zero attached hydrogens (tertiary/aromatic N) is 4. The predicted octanol–water partition coefficient (Wildman–Crippen LogP) is 5.06. The van der Waals surface area contributed by atoms with Crippen molar-refractivity contribution in [2.45, 2.75) is 37.0 Å².